The number of halogens is 1. The molecule has 1 heterocycles. The molecule has 0 bridgehead atoms. The maximum absolute atomic E-state index is 13.3. The third kappa shape index (κ3) is 3.16. The lowest BCUT2D eigenvalue weighted by Gasteiger charge is -2.30. The summed E-state index contributed by atoms with van der Waals surface area (Å²) in [5.41, 5.74) is 5.75. The molecule has 1 aromatic heterocycles. The number of aromatic nitrogens is 1. The molecule has 1 fully saturated rings. The first-order valence-electron chi connectivity index (χ1n) is 6.24. The Morgan fingerprint density at radius 2 is 2.12 bits per heavy atom. The maximum Gasteiger partial charge on any atom is 0.250 e. The van der Waals surface area contributed by atoms with Gasteiger partial charge < -0.3 is 10.5 Å². The van der Waals surface area contributed by atoms with Crippen molar-refractivity contribution in [3.63, 3.8) is 0 Å². The van der Waals surface area contributed by atoms with Crippen molar-refractivity contribution in [1.82, 2.24) is 4.98 Å². The minimum atomic E-state index is -0.396. The van der Waals surface area contributed by atoms with Crippen LogP contribution in [0.1, 0.15) is 25.7 Å². The number of ether oxygens (including phenoxy) is 1. The van der Waals surface area contributed by atoms with Gasteiger partial charge in [0.2, 0.25) is 5.88 Å². The van der Waals surface area contributed by atoms with Gasteiger partial charge in [0.1, 0.15) is 0 Å². The lowest BCUT2D eigenvalue weighted by molar-refractivity contribution is 0.145. The minimum Gasteiger partial charge on any atom is -0.475 e. The standard InChI is InChI=1S/C13H19FN2O/c14-12-6-3-7-16-13(12)17-9-11-5-2-1-4-10(11)8-15/h3,6-7,10-11H,1-2,4-5,8-9,15H2. The number of hydrogen-bond acceptors (Lipinski definition) is 3. The van der Waals surface area contributed by atoms with Crippen molar-refractivity contribution in [3.05, 3.63) is 24.1 Å². The summed E-state index contributed by atoms with van der Waals surface area (Å²) in [5, 5.41) is 0. The average Bonchev–Trinajstić information content (AvgIpc) is 2.38. The second-order valence-electron chi connectivity index (χ2n) is 4.64. The smallest absolute Gasteiger partial charge is 0.250 e. The van der Waals surface area contributed by atoms with Gasteiger partial charge in [-0.2, -0.15) is 0 Å². The van der Waals surface area contributed by atoms with Crippen LogP contribution in [0, 0.1) is 17.7 Å². The molecule has 2 unspecified atom stereocenters. The summed E-state index contributed by atoms with van der Waals surface area (Å²) >= 11 is 0. The van der Waals surface area contributed by atoms with Crippen molar-refractivity contribution in [3.8, 4) is 5.88 Å². The van der Waals surface area contributed by atoms with E-state index >= 15 is 0 Å². The SMILES string of the molecule is NCC1CCCCC1COc1ncccc1F. The number of pyridine rings is 1. The second-order valence-corrected chi connectivity index (χ2v) is 4.64. The van der Waals surface area contributed by atoms with E-state index in [0.717, 1.165) is 12.8 Å². The van der Waals surface area contributed by atoms with E-state index in [9.17, 15) is 4.39 Å². The Morgan fingerprint density at radius 3 is 2.82 bits per heavy atom. The lowest BCUT2D eigenvalue weighted by atomic mass is 9.80. The van der Waals surface area contributed by atoms with E-state index in [2.05, 4.69) is 4.98 Å². The van der Waals surface area contributed by atoms with Gasteiger partial charge in [-0.15, -0.1) is 0 Å². The topological polar surface area (TPSA) is 48.1 Å². The van der Waals surface area contributed by atoms with Gasteiger partial charge in [0, 0.05) is 6.20 Å². The first-order chi connectivity index (χ1) is 8.31. The van der Waals surface area contributed by atoms with Crippen LogP contribution < -0.4 is 10.5 Å². The van der Waals surface area contributed by atoms with Gasteiger partial charge in [-0.1, -0.05) is 12.8 Å². The zero-order valence-electron chi connectivity index (χ0n) is 9.94. The molecule has 0 radical (unpaired) electrons. The van der Waals surface area contributed by atoms with Crippen LogP contribution in [0.4, 0.5) is 4.39 Å². The number of rotatable bonds is 4. The average molecular weight is 238 g/mol. The van der Waals surface area contributed by atoms with E-state index in [4.69, 9.17) is 10.5 Å². The van der Waals surface area contributed by atoms with Crippen molar-refractivity contribution in [2.24, 2.45) is 17.6 Å². The van der Waals surface area contributed by atoms with Crippen LogP contribution in [0.2, 0.25) is 0 Å². The Hall–Kier alpha value is -1.16. The zero-order valence-corrected chi connectivity index (χ0v) is 9.94. The molecule has 4 heteroatoms. The zero-order chi connectivity index (χ0) is 12.1. The highest BCUT2D eigenvalue weighted by molar-refractivity contribution is 5.12. The van der Waals surface area contributed by atoms with Gasteiger partial charge in [-0.25, -0.2) is 9.37 Å². The van der Waals surface area contributed by atoms with Gasteiger partial charge in [0.05, 0.1) is 6.61 Å². The van der Waals surface area contributed by atoms with Crippen LogP contribution in [-0.4, -0.2) is 18.1 Å². The van der Waals surface area contributed by atoms with Crippen molar-refractivity contribution >= 4 is 0 Å². The lowest BCUT2D eigenvalue weighted by Crippen LogP contribution is -2.31. The molecule has 94 valence electrons. The largest absolute Gasteiger partial charge is 0.475 e. The molecule has 0 aliphatic heterocycles. The Kier molecular flexibility index (Phi) is 4.31. The molecule has 0 saturated heterocycles. The summed E-state index contributed by atoms with van der Waals surface area (Å²) in [4.78, 5) is 3.89. The Bertz CT molecular complexity index is 359. The van der Waals surface area contributed by atoms with Crippen molar-refractivity contribution < 1.29 is 9.13 Å². The molecule has 1 aliphatic rings. The van der Waals surface area contributed by atoms with Gasteiger partial charge in [0.15, 0.2) is 5.82 Å². The Balaban J connectivity index is 1.90. The highest BCUT2D eigenvalue weighted by Crippen LogP contribution is 2.29. The van der Waals surface area contributed by atoms with E-state index in [0.29, 0.717) is 25.0 Å². The summed E-state index contributed by atoms with van der Waals surface area (Å²) < 4.78 is 18.8. The van der Waals surface area contributed by atoms with Gasteiger partial charge in [0.25, 0.3) is 0 Å². The fraction of sp³-hybridized carbons (Fsp3) is 0.615. The Morgan fingerprint density at radius 1 is 1.35 bits per heavy atom. The van der Waals surface area contributed by atoms with E-state index in [1.807, 2.05) is 0 Å². The normalized spacial score (nSPS) is 24.6. The minimum absolute atomic E-state index is 0.105. The summed E-state index contributed by atoms with van der Waals surface area (Å²) in [6.45, 7) is 1.22. The van der Waals surface area contributed by atoms with Crippen LogP contribution in [0.5, 0.6) is 5.88 Å². The van der Waals surface area contributed by atoms with E-state index < -0.39 is 5.82 Å². The molecular weight excluding hydrogens is 219 g/mol. The van der Waals surface area contributed by atoms with E-state index in [1.165, 1.54) is 18.9 Å². The molecule has 2 atom stereocenters. The van der Waals surface area contributed by atoms with Crippen molar-refractivity contribution in [2.45, 2.75) is 25.7 Å². The molecule has 1 aromatic rings. The quantitative estimate of drug-likeness (QED) is 0.876. The first-order valence-corrected chi connectivity index (χ1v) is 6.24. The molecule has 2 rings (SSSR count). The van der Waals surface area contributed by atoms with Crippen LogP contribution in [0.25, 0.3) is 0 Å². The van der Waals surface area contributed by atoms with Crippen LogP contribution in [0.3, 0.4) is 0 Å². The fourth-order valence-corrected chi connectivity index (χ4v) is 2.48. The summed E-state index contributed by atoms with van der Waals surface area (Å²) in [6.07, 6.45) is 6.29. The molecule has 0 aromatic carbocycles. The van der Waals surface area contributed by atoms with Gasteiger partial charge in [-0.05, 0) is 43.4 Å². The van der Waals surface area contributed by atoms with Gasteiger partial charge in [-0.3, -0.25) is 0 Å². The molecule has 1 aliphatic carbocycles. The number of nitrogens with two attached hydrogens (primary N) is 1. The van der Waals surface area contributed by atoms with Crippen LogP contribution in [-0.2, 0) is 0 Å². The van der Waals surface area contributed by atoms with E-state index in [1.54, 1.807) is 12.3 Å². The summed E-state index contributed by atoms with van der Waals surface area (Å²) in [6, 6.07) is 2.93. The predicted molar refractivity (Wildman–Crippen MR) is 64.2 cm³/mol. The van der Waals surface area contributed by atoms with E-state index in [-0.39, 0.29) is 5.88 Å². The third-order valence-electron chi connectivity index (χ3n) is 3.53. The number of nitrogens with zero attached hydrogens (tertiary/aromatic N) is 1. The molecular formula is C13H19FN2O. The van der Waals surface area contributed by atoms with Crippen molar-refractivity contribution in [2.75, 3.05) is 13.2 Å². The summed E-state index contributed by atoms with van der Waals surface area (Å²) in [5.74, 6) is 0.659. The predicted octanol–water partition coefficient (Wildman–Crippen LogP) is 2.36. The molecule has 0 amide bonds. The fourth-order valence-electron chi connectivity index (χ4n) is 2.48. The van der Waals surface area contributed by atoms with Gasteiger partial charge >= 0.3 is 0 Å². The second kappa shape index (κ2) is 5.96. The molecule has 1 saturated carbocycles. The monoisotopic (exact) mass is 238 g/mol. The number of hydrogen-bond donors (Lipinski definition) is 1. The molecule has 0 spiro atoms. The molecule has 17 heavy (non-hydrogen) atoms. The molecule has 3 nitrogen and oxygen atoms in total. The Labute approximate surface area is 101 Å². The highest BCUT2D eigenvalue weighted by atomic mass is 19.1. The highest BCUT2D eigenvalue weighted by Gasteiger charge is 2.24. The molecule has 2 N–H and O–H groups in total. The first kappa shape index (κ1) is 12.3. The van der Waals surface area contributed by atoms with Crippen LogP contribution >= 0.6 is 0 Å². The maximum atomic E-state index is 13.3. The summed E-state index contributed by atoms with van der Waals surface area (Å²) in [7, 11) is 0. The third-order valence-corrected chi connectivity index (χ3v) is 3.53. The van der Waals surface area contributed by atoms with Crippen molar-refractivity contribution in [1.29, 1.82) is 0 Å². The van der Waals surface area contributed by atoms with Crippen LogP contribution in [0.15, 0.2) is 18.3 Å².